The first kappa shape index (κ1) is 15.2. The van der Waals surface area contributed by atoms with Gasteiger partial charge in [0.25, 0.3) is 0 Å². The quantitative estimate of drug-likeness (QED) is 0.811. The highest BCUT2D eigenvalue weighted by Gasteiger charge is 2.23. The van der Waals surface area contributed by atoms with Crippen LogP contribution in [0.25, 0.3) is 0 Å². The molecule has 0 aliphatic rings. The summed E-state index contributed by atoms with van der Waals surface area (Å²) in [4.78, 5) is 0.376. The maximum atomic E-state index is 12.3. The van der Waals surface area contributed by atoms with Crippen LogP contribution in [0.4, 0.5) is 0 Å². The second-order valence-electron chi connectivity index (χ2n) is 4.15. The van der Waals surface area contributed by atoms with Gasteiger partial charge in [0.2, 0.25) is 10.0 Å². The van der Waals surface area contributed by atoms with Crippen LogP contribution in [0.15, 0.2) is 17.2 Å². The van der Waals surface area contributed by atoms with E-state index in [2.05, 4.69) is 5.32 Å². The summed E-state index contributed by atoms with van der Waals surface area (Å²) >= 11 is 0. The molecular weight excluding hydrogens is 250 g/mol. The zero-order valence-corrected chi connectivity index (χ0v) is 12.4. The summed E-state index contributed by atoms with van der Waals surface area (Å²) in [5.74, 6) is 0. The van der Waals surface area contributed by atoms with E-state index >= 15 is 0 Å². The first-order valence-corrected chi connectivity index (χ1v) is 7.77. The van der Waals surface area contributed by atoms with Gasteiger partial charge >= 0.3 is 0 Å². The van der Waals surface area contributed by atoms with Crippen molar-refractivity contribution in [1.82, 2.24) is 14.2 Å². The van der Waals surface area contributed by atoms with Gasteiger partial charge in [0.05, 0.1) is 0 Å². The number of sulfonamides is 1. The van der Waals surface area contributed by atoms with Crippen molar-refractivity contribution in [1.29, 1.82) is 0 Å². The summed E-state index contributed by atoms with van der Waals surface area (Å²) in [6.07, 6.45) is 1.68. The Hall–Kier alpha value is -0.850. The Balaban J connectivity index is 3.03. The number of hydrogen-bond acceptors (Lipinski definition) is 3. The van der Waals surface area contributed by atoms with Crippen LogP contribution < -0.4 is 5.32 Å². The molecule has 0 bridgehead atoms. The molecule has 1 heterocycles. The van der Waals surface area contributed by atoms with Gasteiger partial charge in [-0.2, -0.15) is 4.31 Å². The van der Waals surface area contributed by atoms with Crippen molar-refractivity contribution in [2.45, 2.75) is 32.2 Å². The van der Waals surface area contributed by atoms with E-state index in [-0.39, 0.29) is 0 Å². The minimum Gasteiger partial charge on any atom is -0.352 e. The lowest BCUT2D eigenvalue weighted by Gasteiger charge is -2.17. The maximum absolute atomic E-state index is 12.3. The van der Waals surface area contributed by atoms with Crippen LogP contribution in [0.5, 0.6) is 0 Å². The van der Waals surface area contributed by atoms with Crippen molar-refractivity contribution in [3.8, 4) is 0 Å². The molecule has 0 saturated carbocycles. The number of aromatic nitrogens is 1. The average Bonchev–Trinajstić information content (AvgIpc) is 2.70. The van der Waals surface area contributed by atoms with Crippen LogP contribution in [-0.2, 0) is 23.6 Å². The van der Waals surface area contributed by atoms with Gasteiger partial charge in [-0.05, 0) is 12.6 Å². The average molecular weight is 273 g/mol. The lowest BCUT2D eigenvalue weighted by atomic mass is 10.4. The molecule has 0 aromatic carbocycles. The third-order valence-electron chi connectivity index (χ3n) is 2.98. The highest BCUT2D eigenvalue weighted by Crippen LogP contribution is 2.18. The maximum Gasteiger partial charge on any atom is 0.244 e. The predicted octanol–water partition coefficient (Wildman–Crippen LogP) is 1.17. The second kappa shape index (κ2) is 6.36. The van der Waals surface area contributed by atoms with Crippen molar-refractivity contribution in [2.24, 2.45) is 7.05 Å². The molecular formula is C12H23N3O2S. The summed E-state index contributed by atoms with van der Waals surface area (Å²) in [5.41, 5.74) is 0.975. The van der Waals surface area contributed by atoms with E-state index in [1.807, 2.05) is 32.4 Å². The molecule has 0 radical (unpaired) electrons. The van der Waals surface area contributed by atoms with Gasteiger partial charge < -0.3 is 9.88 Å². The van der Waals surface area contributed by atoms with E-state index in [1.165, 1.54) is 4.31 Å². The van der Waals surface area contributed by atoms with Gasteiger partial charge in [0, 0.05) is 38.6 Å². The predicted molar refractivity (Wildman–Crippen MR) is 72.9 cm³/mol. The Morgan fingerprint density at radius 1 is 1.28 bits per heavy atom. The van der Waals surface area contributed by atoms with Crippen molar-refractivity contribution < 1.29 is 8.42 Å². The normalized spacial score (nSPS) is 12.3. The van der Waals surface area contributed by atoms with Crippen LogP contribution >= 0.6 is 0 Å². The van der Waals surface area contributed by atoms with Gasteiger partial charge in [0.15, 0.2) is 0 Å². The summed E-state index contributed by atoms with van der Waals surface area (Å²) in [6.45, 7) is 8.26. The van der Waals surface area contributed by atoms with E-state index in [1.54, 1.807) is 12.3 Å². The monoisotopic (exact) mass is 273 g/mol. The van der Waals surface area contributed by atoms with Gasteiger partial charge in [0.1, 0.15) is 4.90 Å². The Morgan fingerprint density at radius 2 is 1.89 bits per heavy atom. The molecule has 0 saturated heterocycles. The number of nitrogens with zero attached hydrogens (tertiary/aromatic N) is 2. The molecule has 6 heteroatoms. The van der Waals surface area contributed by atoms with Crippen molar-refractivity contribution in [3.05, 3.63) is 18.0 Å². The molecule has 104 valence electrons. The molecule has 0 aliphatic carbocycles. The molecule has 0 amide bonds. The Morgan fingerprint density at radius 3 is 2.39 bits per heavy atom. The zero-order valence-electron chi connectivity index (χ0n) is 11.6. The summed E-state index contributed by atoms with van der Waals surface area (Å²) in [5, 5.41) is 3.20. The van der Waals surface area contributed by atoms with Crippen LogP contribution in [0.1, 0.15) is 26.5 Å². The molecule has 0 atom stereocenters. The molecule has 0 aliphatic heterocycles. The Bertz CT molecular complexity index is 476. The molecule has 1 aromatic heterocycles. The van der Waals surface area contributed by atoms with E-state index in [9.17, 15) is 8.42 Å². The van der Waals surface area contributed by atoms with Gasteiger partial charge in [-0.3, -0.25) is 0 Å². The number of nitrogens with one attached hydrogen (secondary N) is 1. The van der Waals surface area contributed by atoms with Gasteiger partial charge in [-0.15, -0.1) is 0 Å². The van der Waals surface area contributed by atoms with Crippen LogP contribution in [0.2, 0.25) is 0 Å². The van der Waals surface area contributed by atoms with E-state index in [0.29, 0.717) is 24.5 Å². The molecule has 1 rings (SSSR count). The fourth-order valence-corrected chi connectivity index (χ4v) is 3.41. The minimum atomic E-state index is -3.34. The van der Waals surface area contributed by atoms with E-state index in [0.717, 1.165) is 12.2 Å². The highest BCUT2D eigenvalue weighted by molar-refractivity contribution is 7.89. The summed E-state index contributed by atoms with van der Waals surface area (Å²) in [7, 11) is -1.47. The first-order chi connectivity index (χ1) is 8.47. The van der Waals surface area contributed by atoms with E-state index in [4.69, 9.17) is 0 Å². The molecule has 1 N–H and O–H groups in total. The van der Waals surface area contributed by atoms with Crippen molar-refractivity contribution in [3.63, 3.8) is 0 Å². The summed E-state index contributed by atoms with van der Waals surface area (Å²) in [6, 6.07) is 1.75. The molecule has 1 aromatic rings. The third-order valence-corrected chi connectivity index (χ3v) is 5.00. The number of aryl methyl sites for hydroxylation is 1. The fourth-order valence-electron chi connectivity index (χ4n) is 1.86. The van der Waals surface area contributed by atoms with Crippen molar-refractivity contribution in [2.75, 3.05) is 19.6 Å². The number of hydrogen-bond donors (Lipinski definition) is 1. The molecule has 0 spiro atoms. The SMILES string of the molecule is CCNCc1cc(S(=O)(=O)N(CC)CC)cn1C. The van der Waals surface area contributed by atoms with Crippen LogP contribution in [0, 0.1) is 0 Å². The van der Waals surface area contributed by atoms with Crippen LogP contribution in [0.3, 0.4) is 0 Å². The fraction of sp³-hybridized carbons (Fsp3) is 0.667. The second-order valence-corrected chi connectivity index (χ2v) is 6.09. The van der Waals surface area contributed by atoms with Gasteiger partial charge in [-0.25, -0.2) is 8.42 Å². The molecule has 5 nitrogen and oxygen atoms in total. The first-order valence-electron chi connectivity index (χ1n) is 6.33. The molecule has 0 fully saturated rings. The Labute approximate surface area is 110 Å². The minimum absolute atomic E-state index is 0.376. The zero-order chi connectivity index (χ0) is 13.8. The highest BCUT2D eigenvalue weighted by atomic mass is 32.2. The van der Waals surface area contributed by atoms with E-state index < -0.39 is 10.0 Å². The van der Waals surface area contributed by atoms with Crippen LogP contribution in [-0.4, -0.2) is 36.9 Å². The Kier molecular flexibility index (Phi) is 5.37. The third kappa shape index (κ3) is 3.13. The topological polar surface area (TPSA) is 54.3 Å². The molecule has 18 heavy (non-hydrogen) atoms. The molecule has 0 unspecified atom stereocenters. The smallest absolute Gasteiger partial charge is 0.244 e. The standard InChI is InChI=1S/C12H23N3O2S/c1-5-13-9-11-8-12(10-14(11)4)18(16,17)15(6-2)7-3/h8,10,13H,5-7,9H2,1-4H3. The largest absolute Gasteiger partial charge is 0.352 e. The van der Waals surface area contributed by atoms with Gasteiger partial charge in [-0.1, -0.05) is 20.8 Å². The number of rotatable bonds is 7. The summed E-state index contributed by atoms with van der Waals surface area (Å²) < 4.78 is 28.0. The van der Waals surface area contributed by atoms with Crippen molar-refractivity contribution >= 4 is 10.0 Å². The lowest BCUT2D eigenvalue weighted by molar-refractivity contribution is 0.445. The lowest BCUT2D eigenvalue weighted by Crippen LogP contribution is -2.30.